The number of anilines is 1. The summed E-state index contributed by atoms with van der Waals surface area (Å²) in [7, 11) is 1.65. The standard InChI is InChI=1S/C34H42F3N3O4/c1-44-27-7-4-23(5-8-27)29-20-38(19-22-2-3-22)21-30(29)32(41)40-16-10-24(11-17-40)28-9-6-26(34(35,36)37)18-31(28)39-14-12-25(13-15-39)33(42)43/h4-9,18,22,24-25,29-30H,2-3,10-17,19-21H2,1H3,(H,42,43)/t29-,30+/m0/s1. The highest BCUT2D eigenvalue weighted by Crippen LogP contribution is 2.42. The molecule has 7 nitrogen and oxygen atoms in total. The van der Waals surface area contributed by atoms with Gasteiger partial charge in [-0.05, 0) is 85.8 Å². The topological polar surface area (TPSA) is 73.3 Å². The number of benzene rings is 2. The first-order valence-electron chi connectivity index (χ1n) is 15.9. The molecule has 0 unspecified atom stereocenters. The summed E-state index contributed by atoms with van der Waals surface area (Å²) >= 11 is 0. The van der Waals surface area contributed by atoms with Gasteiger partial charge in [0.05, 0.1) is 24.5 Å². The Morgan fingerprint density at radius 1 is 0.909 bits per heavy atom. The fourth-order valence-electron chi connectivity index (χ4n) is 7.49. The number of carbonyl (C=O) groups is 2. The van der Waals surface area contributed by atoms with Gasteiger partial charge in [0.2, 0.25) is 5.91 Å². The number of ether oxygens (including phenoxy) is 1. The minimum absolute atomic E-state index is 0.0286. The largest absolute Gasteiger partial charge is 0.497 e. The molecule has 1 saturated carbocycles. The number of likely N-dealkylation sites (tertiary alicyclic amines) is 2. The molecule has 10 heteroatoms. The van der Waals surface area contributed by atoms with Crippen molar-refractivity contribution in [1.82, 2.24) is 9.80 Å². The van der Waals surface area contributed by atoms with Crippen LogP contribution < -0.4 is 9.64 Å². The number of aliphatic carboxylic acids is 1. The van der Waals surface area contributed by atoms with Crippen molar-refractivity contribution >= 4 is 17.6 Å². The van der Waals surface area contributed by atoms with Crippen LogP contribution in [-0.4, -0.2) is 79.7 Å². The number of rotatable bonds is 8. The van der Waals surface area contributed by atoms with Crippen molar-refractivity contribution < 1.29 is 32.6 Å². The molecule has 1 N–H and O–H groups in total. The van der Waals surface area contributed by atoms with Gasteiger partial charge in [-0.25, -0.2) is 0 Å². The smallest absolute Gasteiger partial charge is 0.416 e. The number of halogens is 3. The van der Waals surface area contributed by atoms with Crippen LogP contribution in [-0.2, 0) is 15.8 Å². The van der Waals surface area contributed by atoms with Crippen LogP contribution in [0.25, 0.3) is 0 Å². The lowest BCUT2D eigenvalue weighted by Gasteiger charge is -2.38. The van der Waals surface area contributed by atoms with Gasteiger partial charge in [0, 0.05) is 57.4 Å². The summed E-state index contributed by atoms with van der Waals surface area (Å²) in [5, 5.41) is 9.40. The molecule has 2 atom stereocenters. The maximum atomic E-state index is 14.0. The summed E-state index contributed by atoms with van der Waals surface area (Å²) in [4.78, 5) is 31.9. The molecule has 2 aromatic carbocycles. The Balaban J connectivity index is 1.16. The van der Waals surface area contributed by atoms with Crippen LogP contribution in [0.2, 0.25) is 0 Å². The number of nitrogens with zero attached hydrogens (tertiary/aromatic N) is 3. The number of amides is 1. The average molecular weight is 614 g/mol. The first kappa shape index (κ1) is 30.7. The van der Waals surface area contributed by atoms with Crippen molar-refractivity contribution in [2.45, 2.75) is 56.5 Å². The molecule has 1 aliphatic carbocycles. The van der Waals surface area contributed by atoms with Crippen molar-refractivity contribution in [3.05, 3.63) is 59.2 Å². The minimum atomic E-state index is -4.46. The Bertz CT molecular complexity index is 1330. The van der Waals surface area contributed by atoms with E-state index in [0.717, 1.165) is 48.5 Å². The SMILES string of the molecule is COc1ccc([C@@H]2CN(CC3CC3)C[C@H]2C(=O)N2CCC(c3ccc(C(F)(F)F)cc3N3CCC(C(=O)O)CC3)CC2)cc1. The lowest BCUT2D eigenvalue weighted by atomic mass is 9.84. The monoisotopic (exact) mass is 613 g/mol. The third-order valence-electron chi connectivity index (χ3n) is 10.3. The molecule has 2 aromatic rings. The summed E-state index contributed by atoms with van der Waals surface area (Å²) in [5.41, 5.74) is 1.88. The van der Waals surface area contributed by atoms with Crippen molar-refractivity contribution in [2.75, 3.05) is 57.8 Å². The van der Waals surface area contributed by atoms with Crippen molar-refractivity contribution in [3.8, 4) is 5.75 Å². The van der Waals surface area contributed by atoms with Gasteiger partial charge in [0.1, 0.15) is 5.75 Å². The van der Waals surface area contributed by atoms with E-state index in [1.54, 1.807) is 13.2 Å². The zero-order valence-electron chi connectivity index (χ0n) is 25.3. The second-order valence-electron chi connectivity index (χ2n) is 13.1. The van der Waals surface area contributed by atoms with E-state index in [-0.39, 0.29) is 23.7 Å². The Hall–Kier alpha value is -3.27. The molecular formula is C34H42F3N3O4. The zero-order valence-corrected chi connectivity index (χ0v) is 25.3. The van der Waals surface area contributed by atoms with Gasteiger partial charge in [-0.3, -0.25) is 9.59 Å². The fraction of sp³-hybridized carbons (Fsp3) is 0.588. The van der Waals surface area contributed by atoms with Crippen molar-refractivity contribution in [1.29, 1.82) is 0 Å². The number of hydrogen-bond donors (Lipinski definition) is 1. The molecule has 4 aliphatic rings. The van der Waals surface area contributed by atoms with Gasteiger partial charge >= 0.3 is 12.1 Å². The van der Waals surface area contributed by atoms with E-state index in [2.05, 4.69) is 17.0 Å². The average Bonchev–Trinajstić information content (AvgIpc) is 3.75. The number of methoxy groups -OCH3 is 1. The maximum Gasteiger partial charge on any atom is 0.416 e. The molecule has 0 bridgehead atoms. The highest BCUT2D eigenvalue weighted by atomic mass is 19.4. The summed E-state index contributed by atoms with van der Waals surface area (Å²) in [6.45, 7) is 4.62. The van der Waals surface area contributed by atoms with Crippen LogP contribution in [0.5, 0.6) is 5.75 Å². The van der Waals surface area contributed by atoms with E-state index in [1.165, 1.54) is 18.9 Å². The van der Waals surface area contributed by atoms with Crippen LogP contribution in [0, 0.1) is 17.8 Å². The Kier molecular flexibility index (Phi) is 8.81. The molecule has 0 aromatic heterocycles. The summed E-state index contributed by atoms with van der Waals surface area (Å²) in [5.74, 6) is 0.401. The van der Waals surface area contributed by atoms with Crippen molar-refractivity contribution in [2.24, 2.45) is 17.8 Å². The number of carboxylic acids is 1. The molecule has 3 heterocycles. The quantitative estimate of drug-likeness (QED) is 0.403. The molecule has 6 rings (SSSR count). The lowest BCUT2D eigenvalue weighted by Crippen LogP contribution is -2.43. The third kappa shape index (κ3) is 6.70. The predicted octanol–water partition coefficient (Wildman–Crippen LogP) is 5.85. The second kappa shape index (κ2) is 12.6. The van der Waals surface area contributed by atoms with Gasteiger partial charge in [-0.15, -0.1) is 0 Å². The van der Waals surface area contributed by atoms with Gasteiger partial charge in [0.15, 0.2) is 0 Å². The lowest BCUT2D eigenvalue weighted by molar-refractivity contribution is -0.142. The van der Waals surface area contributed by atoms with Crippen LogP contribution in [0.4, 0.5) is 18.9 Å². The Morgan fingerprint density at radius 3 is 2.18 bits per heavy atom. The van der Waals surface area contributed by atoms with E-state index in [0.29, 0.717) is 57.5 Å². The normalized spacial score (nSPS) is 24.1. The first-order chi connectivity index (χ1) is 21.1. The van der Waals surface area contributed by atoms with Crippen molar-refractivity contribution in [3.63, 3.8) is 0 Å². The zero-order chi connectivity index (χ0) is 31.0. The molecule has 4 fully saturated rings. The van der Waals surface area contributed by atoms with Crippen LogP contribution in [0.15, 0.2) is 42.5 Å². The van der Waals surface area contributed by atoms with E-state index in [4.69, 9.17) is 4.74 Å². The summed E-state index contributed by atoms with van der Waals surface area (Å²) in [6, 6.07) is 12.1. The van der Waals surface area contributed by atoms with Crippen LogP contribution in [0.3, 0.4) is 0 Å². The van der Waals surface area contributed by atoms with Crippen LogP contribution >= 0.6 is 0 Å². The van der Waals surface area contributed by atoms with E-state index in [9.17, 15) is 27.9 Å². The highest BCUT2D eigenvalue weighted by Gasteiger charge is 2.43. The minimum Gasteiger partial charge on any atom is -0.497 e. The molecule has 3 aliphatic heterocycles. The van der Waals surface area contributed by atoms with E-state index >= 15 is 0 Å². The first-order valence-corrected chi connectivity index (χ1v) is 15.9. The van der Waals surface area contributed by atoms with E-state index in [1.807, 2.05) is 21.9 Å². The Morgan fingerprint density at radius 2 is 1.59 bits per heavy atom. The number of carbonyl (C=O) groups excluding carboxylic acids is 1. The number of alkyl halides is 3. The molecule has 238 valence electrons. The van der Waals surface area contributed by atoms with Gasteiger partial charge in [-0.2, -0.15) is 13.2 Å². The highest BCUT2D eigenvalue weighted by molar-refractivity contribution is 5.81. The van der Waals surface area contributed by atoms with Gasteiger partial charge in [-0.1, -0.05) is 18.2 Å². The fourth-order valence-corrected chi connectivity index (χ4v) is 7.49. The molecular weight excluding hydrogens is 571 g/mol. The predicted molar refractivity (Wildman–Crippen MR) is 161 cm³/mol. The second-order valence-corrected chi connectivity index (χ2v) is 13.1. The molecule has 0 radical (unpaired) electrons. The maximum absolute atomic E-state index is 14.0. The van der Waals surface area contributed by atoms with Gasteiger partial charge in [0.25, 0.3) is 0 Å². The summed E-state index contributed by atoms with van der Waals surface area (Å²) < 4.78 is 46.5. The Labute approximate surface area is 257 Å². The van der Waals surface area contributed by atoms with Gasteiger partial charge < -0.3 is 24.5 Å². The molecule has 0 spiro atoms. The van der Waals surface area contributed by atoms with E-state index < -0.39 is 23.6 Å². The third-order valence-corrected chi connectivity index (χ3v) is 10.3. The van der Waals surface area contributed by atoms with Crippen LogP contribution in [0.1, 0.15) is 67.1 Å². The molecule has 3 saturated heterocycles. The molecule has 1 amide bonds. The number of piperidine rings is 2. The summed E-state index contributed by atoms with van der Waals surface area (Å²) in [6.07, 6.45) is 0.248. The molecule has 44 heavy (non-hydrogen) atoms. The number of carboxylic acid groups (broad SMARTS) is 1. The number of hydrogen-bond acceptors (Lipinski definition) is 5.